The second-order valence-corrected chi connectivity index (χ2v) is 5.73. The Balaban J connectivity index is 1.77. The molecule has 0 radical (unpaired) electrons. The number of methoxy groups -OCH3 is 1. The van der Waals surface area contributed by atoms with E-state index in [1.807, 2.05) is 35.7 Å². The Hall–Kier alpha value is -1.92. The predicted octanol–water partition coefficient (Wildman–Crippen LogP) is 2.89. The van der Waals surface area contributed by atoms with Crippen LogP contribution < -0.4 is 10.6 Å². The van der Waals surface area contributed by atoms with Crippen LogP contribution in [0.25, 0.3) is 0 Å². The Labute approximate surface area is 134 Å². The van der Waals surface area contributed by atoms with Crippen molar-refractivity contribution in [2.75, 3.05) is 13.7 Å². The largest absolute Gasteiger partial charge is 0.375 e. The summed E-state index contributed by atoms with van der Waals surface area (Å²) in [4.78, 5) is 16.3. The molecule has 2 aromatic rings. The fraction of sp³-hybridized carbons (Fsp3) is 0.375. The van der Waals surface area contributed by atoms with E-state index < -0.39 is 0 Å². The molecule has 0 aliphatic heterocycles. The summed E-state index contributed by atoms with van der Waals surface area (Å²) in [5.41, 5.74) is 1.93. The number of benzene rings is 1. The lowest BCUT2D eigenvalue weighted by Crippen LogP contribution is -2.37. The third kappa shape index (κ3) is 4.82. The Morgan fingerprint density at radius 2 is 2.09 bits per heavy atom. The van der Waals surface area contributed by atoms with Crippen LogP contribution in [-0.2, 0) is 17.7 Å². The molecule has 0 saturated carbocycles. The van der Waals surface area contributed by atoms with Crippen molar-refractivity contribution in [2.45, 2.75) is 26.0 Å². The van der Waals surface area contributed by atoms with Crippen molar-refractivity contribution in [2.24, 2.45) is 0 Å². The van der Waals surface area contributed by atoms with Crippen LogP contribution in [0.2, 0.25) is 0 Å². The summed E-state index contributed by atoms with van der Waals surface area (Å²) < 4.78 is 5.41. The van der Waals surface area contributed by atoms with Gasteiger partial charge in [0.2, 0.25) is 0 Å². The van der Waals surface area contributed by atoms with Gasteiger partial charge in [0.25, 0.3) is 0 Å². The minimum Gasteiger partial charge on any atom is -0.375 e. The number of rotatable bonds is 7. The lowest BCUT2D eigenvalue weighted by molar-refractivity contribution is 0.104. The monoisotopic (exact) mass is 319 g/mol. The van der Waals surface area contributed by atoms with Gasteiger partial charge >= 0.3 is 6.03 Å². The fourth-order valence-electron chi connectivity index (χ4n) is 2.02. The molecule has 0 bridgehead atoms. The molecule has 2 N–H and O–H groups in total. The highest BCUT2D eigenvalue weighted by Crippen LogP contribution is 2.14. The second-order valence-electron chi connectivity index (χ2n) is 4.78. The molecule has 0 aliphatic carbocycles. The van der Waals surface area contributed by atoms with E-state index in [1.165, 1.54) is 0 Å². The van der Waals surface area contributed by atoms with Crippen LogP contribution >= 0.6 is 11.3 Å². The zero-order valence-electron chi connectivity index (χ0n) is 12.8. The highest BCUT2D eigenvalue weighted by Gasteiger charge is 2.11. The van der Waals surface area contributed by atoms with E-state index in [4.69, 9.17) is 4.74 Å². The van der Waals surface area contributed by atoms with E-state index in [0.717, 1.165) is 22.7 Å². The number of thiazole rings is 1. The Bertz CT molecular complexity index is 586. The lowest BCUT2D eigenvalue weighted by Gasteiger charge is -2.16. The fourth-order valence-corrected chi connectivity index (χ4v) is 2.76. The maximum atomic E-state index is 11.8. The van der Waals surface area contributed by atoms with Gasteiger partial charge < -0.3 is 15.4 Å². The summed E-state index contributed by atoms with van der Waals surface area (Å²) in [6.45, 7) is 2.92. The van der Waals surface area contributed by atoms with Gasteiger partial charge in [-0.2, -0.15) is 0 Å². The van der Waals surface area contributed by atoms with Gasteiger partial charge in [-0.3, -0.25) is 0 Å². The molecule has 1 heterocycles. The number of hydrogen-bond acceptors (Lipinski definition) is 4. The number of aryl methyl sites for hydroxylation is 1. The normalized spacial score (nSPS) is 11.9. The molecule has 5 nitrogen and oxygen atoms in total. The van der Waals surface area contributed by atoms with Crippen LogP contribution in [0.15, 0.2) is 35.7 Å². The van der Waals surface area contributed by atoms with Crippen molar-refractivity contribution in [3.63, 3.8) is 0 Å². The van der Waals surface area contributed by atoms with Gasteiger partial charge in [0.05, 0.1) is 23.4 Å². The number of nitrogens with one attached hydrogen (secondary N) is 2. The Morgan fingerprint density at radius 1 is 1.32 bits per heavy atom. The minimum atomic E-state index is -0.218. The lowest BCUT2D eigenvalue weighted by atomic mass is 10.1. The summed E-state index contributed by atoms with van der Waals surface area (Å²) >= 11 is 1.62. The minimum absolute atomic E-state index is 0.155. The van der Waals surface area contributed by atoms with E-state index in [9.17, 15) is 4.79 Å². The first kappa shape index (κ1) is 16.5. The van der Waals surface area contributed by atoms with Crippen LogP contribution in [0.1, 0.15) is 29.3 Å². The molecule has 118 valence electrons. The van der Waals surface area contributed by atoms with Crippen molar-refractivity contribution in [3.05, 3.63) is 52.0 Å². The highest BCUT2D eigenvalue weighted by atomic mass is 32.1. The van der Waals surface area contributed by atoms with Crippen LogP contribution in [-0.4, -0.2) is 24.7 Å². The molecule has 0 unspecified atom stereocenters. The first-order valence-electron chi connectivity index (χ1n) is 7.25. The van der Waals surface area contributed by atoms with Crippen molar-refractivity contribution >= 4 is 17.4 Å². The first-order valence-corrected chi connectivity index (χ1v) is 8.13. The molecule has 0 saturated heterocycles. The van der Waals surface area contributed by atoms with Crippen molar-refractivity contribution in [1.29, 1.82) is 0 Å². The SMILES string of the molecule is CCc1nc(CNC(=O)NC[C@@H](OC)c2ccccc2)cs1. The van der Waals surface area contributed by atoms with Crippen molar-refractivity contribution in [3.8, 4) is 0 Å². The van der Waals surface area contributed by atoms with E-state index in [-0.39, 0.29) is 12.1 Å². The van der Waals surface area contributed by atoms with Gasteiger partial charge in [-0.1, -0.05) is 37.3 Å². The van der Waals surface area contributed by atoms with Gasteiger partial charge in [-0.15, -0.1) is 11.3 Å². The highest BCUT2D eigenvalue weighted by molar-refractivity contribution is 7.09. The number of carbonyl (C=O) groups is 1. The van der Waals surface area contributed by atoms with Crippen molar-refractivity contribution in [1.82, 2.24) is 15.6 Å². The first-order chi connectivity index (χ1) is 10.7. The molecule has 0 spiro atoms. The third-order valence-electron chi connectivity index (χ3n) is 3.24. The molecular formula is C16H21N3O2S. The van der Waals surface area contributed by atoms with Crippen LogP contribution in [0.5, 0.6) is 0 Å². The molecule has 2 rings (SSSR count). The summed E-state index contributed by atoms with van der Waals surface area (Å²) in [5, 5.41) is 8.69. The molecule has 1 aromatic heterocycles. The van der Waals surface area contributed by atoms with E-state index in [1.54, 1.807) is 18.4 Å². The van der Waals surface area contributed by atoms with Gasteiger partial charge in [0.15, 0.2) is 0 Å². The van der Waals surface area contributed by atoms with Crippen LogP contribution in [0, 0.1) is 0 Å². The summed E-state index contributed by atoms with van der Waals surface area (Å²) in [5.74, 6) is 0. The summed E-state index contributed by atoms with van der Waals surface area (Å²) in [7, 11) is 1.64. The average Bonchev–Trinajstić information content (AvgIpc) is 3.02. The molecule has 6 heteroatoms. The maximum Gasteiger partial charge on any atom is 0.315 e. The number of amides is 2. The number of aromatic nitrogens is 1. The molecule has 0 fully saturated rings. The maximum absolute atomic E-state index is 11.8. The predicted molar refractivity (Wildman–Crippen MR) is 87.9 cm³/mol. The molecule has 1 atom stereocenters. The number of urea groups is 1. The topological polar surface area (TPSA) is 63.2 Å². The van der Waals surface area contributed by atoms with Gasteiger partial charge in [0, 0.05) is 19.0 Å². The molecule has 22 heavy (non-hydrogen) atoms. The van der Waals surface area contributed by atoms with Crippen LogP contribution in [0.4, 0.5) is 4.79 Å². The second kappa shape index (κ2) is 8.51. The van der Waals surface area contributed by atoms with Gasteiger partial charge in [0.1, 0.15) is 0 Å². The average molecular weight is 319 g/mol. The van der Waals surface area contributed by atoms with Crippen molar-refractivity contribution < 1.29 is 9.53 Å². The Morgan fingerprint density at radius 3 is 2.73 bits per heavy atom. The molecule has 2 amide bonds. The number of carbonyl (C=O) groups excluding carboxylic acids is 1. The van der Waals surface area contributed by atoms with E-state index in [0.29, 0.717) is 13.1 Å². The zero-order valence-corrected chi connectivity index (χ0v) is 13.7. The quantitative estimate of drug-likeness (QED) is 0.825. The third-order valence-corrected chi connectivity index (χ3v) is 4.28. The molecular weight excluding hydrogens is 298 g/mol. The number of hydrogen-bond donors (Lipinski definition) is 2. The van der Waals surface area contributed by atoms with E-state index >= 15 is 0 Å². The number of ether oxygens (including phenoxy) is 1. The summed E-state index contributed by atoms with van der Waals surface area (Å²) in [6, 6.07) is 9.60. The van der Waals surface area contributed by atoms with Gasteiger partial charge in [-0.05, 0) is 12.0 Å². The van der Waals surface area contributed by atoms with E-state index in [2.05, 4.69) is 22.5 Å². The van der Waals surface area contributed by atoms with Crippen LogP contribution in [0.3, 0.4) is 0 Å². The standard InChI is InChI=1S/C16H21N3O2S/c1-3-15-19-13(11-22-15)9-17-16(20)18-10-14(21-2)12-7-5-4-6-8-12/h4-8,11,14H,3,9-10H2,1-2H3,(H2,17,18,20)/t14-/m1/s1. The molecule has 0 aliphatic rings. The van der Waals surface area contributed by atoms with Gasteiger partial charge in [-0.25, -0.2) is 9.78 Å². The Kier molecular flexibility index (Phi) is 6.36. The smallest absolute Gasteiger partial charge is 0.315 e. The zero-order chi connectivity index (χ0) is 15.8. The number of nitrogens with zero attached hydrogens (tertiary/aromatic N) is 1. The summed E-state index contributed by atoms with van der Waals surface area (Å²) in [6.07, 6.45) is 0.765. The molecule has 1 aromatic carbocycles.